The highest BCUT2D eigenvalue weighted by atomic mass is 35.5. The fraction of sp³-hybridized carbons (Fsp3) is 0.258. The summed E-state index contributed by atoms with van der Waals surface area (Å²) in [6.45, 7) is 1.38. The average molecular weight is 604 g/mol. The molecular weight excluding hydrogens is 579 g/mol. The van der Waals surface area contributed by atoms with Crippen molar-refractivity contribution in [3.05, 3.63) is 83.7 Å². The minimum absolute atomic E-state index is 0.0543. The first-order chi connectivity index (χ1) is 20.8. The molecule has 3 aromatic heterocycles. The van der Waals surface area contributed by atoms with E-state index in [1.54, 1.807) is 41.2 Å². The maximum Gasteiger partial charge on any atom is 0.246 e. The van der Waals surface area contributed by atoms with Crippen LogP contribution in [0, 0.1) is 29.9 Å². The summed E-state index contributed by atoms with van der Waals surface area (Å²) < 4.78 is 46.4. The molecule has 0 saturated carbocycles. The van der Waals surface area contributed by atoms with Gasteiger partial charge in [-0.15, -0.1) is 0 Å². The Balaban J connectivity index is 1.54. The molecule has 43 heavy (non-hydrogen) atoms. The number of likely N-dealkylation sites (tertiary alicyclic amines) is 1. The van der Waals surface area contributed by atoms with Crippen molar-refractivity contribution < 1.29 is 18.0 Å². The van der Waals surface area contributed by atoms with E-state index < -0.39 is 24.4 Å². The molecule has 2 atom stereocenters. The van der Waals surface area contributed by atoms with E-state index >= 15 is 4.39 Å². The molecule has 6 rings (SSSR count). The van der Waals surface area contributed by atoms with E-state index in [1.165, 1.54) is 30.3 Å². The largest absolute Gasteiger partial charge is 0.335 e. The van der Waals surface area contributed by atoms with Gasteiger partial charge in [0.2, 0.25) is 5.91 Å². The Labute approximate surface area is 249 Å². The molecule has 1 fully saturated rings. The number of aromatic nitrogens is 5. The van der Waals surface area contributed by atoms with Crippen LogP contribution in [-0.2, 0) is 4.79 Å². The minimum atomic E-state index is -0.756. The zero-order valence-electron chi connectivity index (χ0n) is 23.0. The molecule has 1 aliphatic rings. The van der Waals surface area contributed by atoms with Gasteiger partial charge in [-0.2, -0.15) is 5.26 Å². The number of benzene rings is 2. The van der Waals surface area contributed by atoms with Crippen molar-refractivity contribution in [2.24, 2.45) is 0 Å². The van der Waals surface area contributed by atoms with Crippen molar-refractivity contribution in [3.8, 4) is 23.0 Å². The first kappa shape index (κ1) is 28.4. The van der Waals surface area contributed by atoms with Crippen molar-refractivity contribution in [2.75, 3.05) is 13.2 Å². The summed E-state index contributed by atoms with van der Waals surface area (Å²) in [6, 6.07) is 8.59. The third-order valence-electron chi connectivity index (χ3n) is 7.90. The number of hydrogen-bond acceptors (Lipinski definition) is 5. The van der Waals surface area contributed by atoms with Gasteiger partial charge in [0.25, 0.3) is 0 Å². The number of alkyl halides is 1. The van der Waals surface area contributed by atoms with Gasteiger partial charge in [-0.25, -0.2) is 28.1 Å². The Morgan fingerprint density at radius 3 is 2.70 bits per heavy atom. The number of nitriles is 1. The van der Waals surface area contributed by atoms with Crippen LogP contribution >= 0.6 is 11.6 Å². The number of nitrogens with zero attached hydrogens (tertiary/aromatic N) is 7. The van der Waals surface area contributed by atoms with Crippen LogP contribution < -0.4 is 0 Å². The summed E-state index contributed by atoms with van der Waals surface area (Å²) in [5.41, 5.74) is 1.65. The van der Waals surface area contributed by atoms with E-state index in [4.69, 9.17) is 21.6 Å². The molecule has 218 valence electrons. The third kappa shape index (κ3) is 5.02. The van der Waals surface area contributed by atoms with Crippen molar-refractivity contribution in [1.82, 2.24) is 29.0 Å². The van der Waals surface area contributed by atoms with Crippen LogP contribution in [0.1, 0.15) is 31.1 Å². The van der Waals surface area contributed by atoms with Gasteiger partial charge in [0, 0.05) is 48.0 Å². The summed E-state index contributed by atoms with van der Waals surface area (Å²) in [5, 5.41) is 10.1. The molecule has 1 saturated heterocycles. The van der Waals surface area contributed by atoms with Gasteiger partial charge in [0.05, 0.1) is 29.4 Å². The second-order valence-corrected chi connectivity index (χ2v) is 10.8. The molecule has 2 aromatic carbocycles. The molecule has 0 unspecified atom stereocenters. The van der Waals surface area contributed by atoms with E-state index in [0.29, 0.717) is 53.0 Å². The van der Waals surface area contributed by atoms with Crippen LogP contribution in [0.4, 0.5) is 13.2 Å². The number of hydrogen-bond donors (Lipinski definition) is 0. The highest BCUT2D eigenvalue weighted by Gasteiger charge is 2.33. The van der Waals surface area contributed by atoms with E-state index in [-0.39, 0.29) is 34.5 Å². The molecule has 1 aliphatic heterocycles. The normalized spacial score (nSPS) is 17.3. The first-order valence-electron chi connectivity index (χ1n) is 13.7. The van der Waals surface area contributed by atoms with Gasteiger partial charge >= 0.3 is 0 Å². The second kappa shape index (κ2) is 11.5. The van der Waals surface area contributed by atoms with Crippen molar-refractivity contribution in [1.29, 1.82) is 5.26 Å². The molecule has 0 radical (unpaired) electrons. The zero-order chi connectivity index (χ0) is 30.2. The van der Waals surface area contributed by atoms with Crippen LogP contribution in [0.5, 0.6) is 0 Å². The molecule has 5 aromatic rings. The Morgan fingerprint density at radius 1 is 1.21 bits per heavy atom. The maximum absolute atomic E-state index is 16.4. The molecule has 0 spiro atoms. The highest BCUT2D eigenvalue weighted by molar-refractivity contribution is 6.34. The monoisotopic (exact) mass is 603 g/mol. The number of carbonyl (C=O) groups is 1. The Bertz CT molecular complexity index is 1930. The van der Waals surface area contributed by atoms with E-state index in [1.807, 2.05) is 4.57 Å². The number of fused-ring (bicyclic) bond motifs is 3. The smallest absolute Gasteiger partial charge is 0.246 e. The van der Waals surface area contributed by atoms with E-state index in [2.05, 4.69) is 11.1 Å². The first-order valence-corrected chi connectivity index (χ1v) is 14.0. The molecule has 0 bridgehead atoms. The fourth-order valence-corrected chi connectivity index (χ4v) is 6.19. The predicted molar refractivity (Wildman–Crippen MR) is 156 cm³/mol. The van der Waals surface area contributed by atoms with Gasteiger partial charge in [-0.05, 0) is 49.6 Å². The Kier molecular flexibility index (Phi) is 7.62. The van der Waals surface area contributed by atoms with Crippen molar-refractivity contribution in [3.63, 3.8) is 0 Å². The Hall–Kier alpha value is -4.69. The van der Waals surface area contributed by atoms with Gasteiger partial charge in [0.15, 0.2) is 11.6 Å². The minimum Gasteiger partial charge on any atom is -0.335 e. The topological polar surface area (TPSA) is 92.6 Å². The summed E-state index contributed by atoms with van der Waals surface area (Å²) >= 11 is 6.69. The van der Waals surface area contributed by atoms with Gasteiger partial charge in [0.1, 0.15) is 29.3 Å². The highest BCUT2D eigenvalue weighted by Crippen LogP contribution is 2.41. The van der Waals surface area contributed by atoms with Crippen LogP contribution in [0.25, 0.3) is 38.9 Å². The average Bonchev–Trinajstić information content (AvgIpc) is 3.64. The predicted octanol–water partition coefficient (Wildman–Crippen LogP) is 6.65. The van der Waals surface area contributed by atoms with Crippen LogP contribution in [0.2, 0.25) is 5.02 Å². The lowest BCUT2D eigenvalue weighted by Crippen LogP contribution is -2.45. The van der Waals surface area contributed by atoms with Gasteiger partial charge < -0.3 is 9.47 Å². The molecular formula is C31H25ClF3N7O. The van der Waals surface area contributed by atoms with Gasteiger partial charge in [-0.1, -0.05) is 23.7 Å². The summed E-state index contributed by atoms with van der Waals surface area (Å²) in [7, 11) is 0. The van der Waals surface area contributed by atoms with Gasteiger partial charge in [-0.3, -0.25) is 9.36 Å². The molecule has 1 amide bonds. The van der Waals surface area contributed by atoms with Crippen molar-refractivity contribution in [2.45, 2.75) is 38.3 Å². The lowest BCUT2D eigenvalue weighted by molar-refractivity contribution is -0.130. The fourth-order valence-electron chi connectivity index (χ4n) is 5.89. The molecule has 8 nitrogen and oxygen atoms in total. The maximum atomic E-state index is 16.4. The number of imidazole rings is 2. The molecule has 0 aliphatic carbocycles. The number of aryl methyl sites for hydroxylation is 1. The van der Waals surface area contributed by atoms with E-state index in [9.17, 15) is 18.8 Å². The quantitative estimate of drug-likeness (QED) is 0.203. The third-order valence-corrected chi connectivity index (χ3v) is 8.20. The molecule has 0 N–H and O–H groups in total. The lowest BCUT2D eigenvalue weighted by atomic mass is 9.94. The number of pyridine rings is 1. The summed E-state index contributed by atoms with van der Waals surface area (Å²) in [6.07, 6.45) is 8.39. The number of amides is 1. The number of halogens is 4. The number of piperidine rings is 1. The van der Waals surface area contributed by atoms with Crippen LogP contribution in [-0.4, -0.2) is 54.2 Å². The number of carbonyl (C=O) groups excluding carboxylic acids is 1. The zero-order valence-corrected chi connectivity index (χ0v) is 23.8. The lowest BCUT2D eigenvalue weighted by Gasteiger charge is -2.38. The number of allylic oxidation sites excluding steroid dienone is 1. The number of rotatable bonds is 6. The summed E-state index contributed by atoms with van der Waals surface area (Å²) in [5.74, 6) is -0.464. The molecule has 4 heterocycles. The Morgan fingerprint density at radius 2 is 2.00 bits per heavy atom. The van der Waals surface area contributed by atoms with Crippen LogP contribution in [0.3, 0.4) is 0 Å². The standard InChI is InChI=1S/C31H25ClF3N7O/c1-18-37-12-14-40(18)31-29-30(23-16-24(32)26(27(35)28(23)39-31)19-4-6-20(34)7-5-19)42(17-38-29)22-9-13-41(21(15-22)8-11-36)25(43)3-2-10-33/h2-7,12,14,16-17,21-22H,8-10,13,15H2,1H3/b3-2+/t21-,22+/m1/s1. The van der Waals surface area contributed by atoms with Crippen LogP contribution in [0.15, 0.2) is 61.2 Å². The van der Waals surface area contributed by atoms with E-state index in [0.717, 1.165) is 6.08 Å². The SMILES string of the molecule is Cc1nccn1-c1nc2c(F)c(-c3ccc(F)cc3)c(Cl)cc2c2c1ncn2[C@H]1CCN(C(=O)/C=C/CF)[C@H](CC#N)C1. The second-order valence-electron chi connectivity index (χ2n) is 10.4. The molecule has 12 heteroatoms. The van der Waals surface area contributed by atoms with Crippen molar-refractivity contribution >= 4 is 39.4 Å². The summed E-state index contributed by atoms with van der Waals surface area (Å²) in [4.78, 5) is 28.0.